The predicted molar refractivity (Wildman–Crippen MR) is 81.8 cm³/mol. The van der Waals surface area contributed by atoms with E-state index in [1.54, 1.807) is 29.4 Å². The topological polar surface area (TPSA) is 55.1 Å². The first kappa shape index (κ1) is 13.7. The third-order valence-corrected chi connectivity index (χ3v) is 5.42. The summed E-state index contributed by atoms with van der Waals surface area (Å²) in [5.41, 5.74) is 1.02. The van der Waals surface area contributed by atoms with Crippen LogP contribution in [0, 0.1) is 0 Å². The Kier molecular flexibility index (Phi) is 4.42. The van der Waals surface area contributed by atoms with E-state index in [-0.39, 0.29) is 11.2 Å². The van der Waals surface area contributed by atoms with Crippen LogP contribution < -0.4 is 5.32 Å². The van der Waals surface area contributed by atoms with Gasteiger partial charge in [-0.25, -0.2) is 4.98 Å². The summed E-state index contributed by atoms with van der Waals surface area (Å²) in [7, 11) is 0. The van der Waals surface area contributed by atoms with Crippen LogP contribution in [0.4, 0.5) is 0 Å². The molecule has 0 bridgehead atoms. The van der Waals surface area contributed by atoms with Gasteiger partial charge in [0.05, 0.1) is 17.2 Å². The van der Waals surface area contributed by atoms with Gasteiger partial charge in [0.15, 0.2) is 10.8 Å². The van der Waals surface area contributed by atoms with Gasteiger partial charge in [0.2, 0.25) is 5.91 Å². The van der Waals surface area contributed by atoms with Gasteiger partial charge in [-0.05, 0) is 25.0 Å². The van der Waals surface area contributed by atoms with Crippen molar-refractivity contribution in [3.05, 3.63) is 29.5 Å². The molecule has 2 aromatic rings. The zero-order valence-corrected chi connectivity index (χ0v) is 12.6. The van der Waals surface area contributed by atoms with Gasteiger partial charge in [0, 0.05) is 17.7 Å². The van der Waals surface area contributed by atoms with Gasteiger partial charge in [-0.3, -0.25) is 4.79 Å². The third-order valence-electron chi connectivity index (χ3n) is 3.20. The lowest BCUT2D eigenvalue weighted by Gasteiger charge is -2.11. The summed E-state index contributed by atoms with van der Waals surface area (Å²) in [5, 5.41) is 5.97. The number of hydrogen-bond donors (Lipinski definition) is 1. The van der Waals surface area contributed by atoms with Gasteiger partial charge in [-0.2, -0.15) is 0 Å². The van der Waals surface area contributed by atoms with Crippen molar-refractivity contribution in [2.24, 2.45) is 0 Å². The van der Waals surface area contributed by atoms with Gasteiger partial charge in [0.1, 0.15) is 0 Å². The molecule has 1 saturated heterocycles. The Morgan fingerprint density at radius 1 is 1.50 bits per heavy atom. The highest BCUT2D eigenvalue weighted by Gasteiger charge is 2.21. The summed E-state index contributed by atoms with van der Waals surface area (Å²) in [5.74, 6) is 1.75. The molecule has 3 rings (SSSR count). The number of rotatable bonds is 4. The highest BCUT2D eigenvalue weighted by Crippen LogP contribution is 2.28. The standard InChI is InChI=1S/C14H16N2O2S2/c17-13-12(5-1-2-6-15-13)19-8-10-9-20-14(16-10)11-4-3-7-18-11/h3-4,7,9,12H,1-2,5-6,8H2,(H,15,17). The van der Waals surface area contributed by atoms with Crippen LogP contribution in [0.5, 0.6) is 0 Å². The van der Waals surface area contributed by atoms with Gasteiger partial charge in [-0.1, -0.05) is 6.42 Å². The maximum Gasteiger partial charge on any atom is 0.233 e. The monoisotopic (exact) mass is 308 g/mol. The van der Waals surface area contributed by atoms with E-state index in [4.69, 9.17) is 4.42 Å². The molecule has 1 amide bonds. The summed E-state index contributed by atoms with van der Waals surface area (Å²) < 4.78 is 5.34. The number of thiazole rings is 1. The second-order valence-electron chi connectivity index (χ2n) is 4.71. The molecule has 2 aromatic heterocycles. The Labute approximate surface area is 126 Å². The first-order valence-corrected chi connectivity index (χ1v) is 8.63. The van der Waals surface area contributed by atoms with E-state index in [1.807, 2.05) is 17.5 Å². The Balaban J connectivity index is 1.59. The molecule has 6 heteroatoms. The van der Waals surface area contributed by atoms with E-state index in [1.165, 1.54) is 0 Å². The van der Waals surface area contributed by atoms with Gasteiger partial charge in [-0.15, -0.1) is 23.1 Å². The summed E-state index contributed by atoms with van der Waals surface area (Å²) in [4.78, 5) is 16.4. The minimum Gasteiger partial charge on any atom is -0.462 e. The van der Waals surface area contributed by atoms with Gasteiger partial charge >= 0.3 is 0 Å². The highest BCUT2D eigenvalue weighted by molar-refractivity contribution is 7.99. The molecule has 0 radical (unpaired) electrons. The van der Waals surface area contributed by atoms with E-state index in [2.05, 4.69) is 10.3 Å². The number of nitrogens with zero attached hydrogens (tertiary/aromatic N) is 1. The Bertz CT molecular complexity index is 566. The fourth-order valence-corrected chi connectivity index (χ4v) is 4.12. The van der Waals surface area contributed by atoms with E-state index in [9.17, 15) is 4.79 Å². The Morgan fingerprint density at radius 3 is 3.30 bits per heavy atom. The molecule has 4 nitrogen and oxygen atoms in total. The number of hydrogen-bond acceptors (Lipinski definition) is 5. The van der Waals surface area contributed by atoms with Crippen molar-refractivity contribution in [1.82, 2.24) is 10.3 Å². The summed E-state index contributed by atoms with van der Waals surface area (Å²) in [6.07, 6.45) is 4.82. The second kappa shape index (κ2) is 6.45. The number of carbonyl (C=O) groups is 1. The van der Waals surface area contributed by atoms with E-state index < -0.39 is 0 Å². The number of nitrogens with one attached hydrogen (secondary N) is 1. The zero-order valence-electron chi connectivity index (χ0n) is 11.0. The van der Waals surface area contributed by atoms with Crippen molar-refractivity contribution in [2.75, 3.05) is 6.54 Å². The molecule has 20 heavy (non-hydrogen) atoms. The van der Waals surface area contributed by atoms with Crippen LogP contribution in [0.25, 0.3) is 10.8 Å². The largest absolute Gasteiger partial charge is 0.462 e. The average molecular weight is 308 g/mol. The lowest BCUT2D eigenvalue weighted by atomic mass is 10.2. The summed E-state index contributed by atoms with van der Waals surface area (Å²) in [6.45, 7) is 0.815. The van der Waals surface area contributed by atoms with Crippen LogP contribution >= 0.6 is 23.1 Å². The highest BCUT2D eigenvalue weighted by atomic mass is 32.2. The number of aromatic nitrogens is 1. The summed E-state index contributed by atoms with van der Waals surface area (Å²) in [6, 6.07) is 3.77. The molecule has 0 saturated carbocycles. The number of amides is 1. The van der Waals surface area contributed by atoms with E-state index in [0.717, 1.165) is 48.0 Å². The quantitative estimate of drug-likeness (QED) is 0.941. The van der Waals surface area contributed by atoms with Crippen molar-refractivity contribution in [3.8, 4) is 10.8 Å². The predicted octanol–water partition coefficient (Wildman–Crippen LogP) is 3.31. The molecular weight excluding hydrogens is 292 g/mol. The number of furan rings is 1. The second-order valence-corrected chi connectivity index (χ2v) is 6.76. The zero-order chi connectivity index (χ0) is 13.8. The number of thioether (sulfide) groups is 1. The van der Waals surface area contributed by atoms with Crippen molar-refractivity contribution in [2.45, 2.75) is 30.3 Å². The molecule has 1 atom stereocenters. The molecule has 0 aliphatic carbocycles. The minimum atomic E-state index is 0.0614. The first-order chi connectivity index (χ1) is 9.83. The third kappa shape index (κ3) is 3.24. The van der Waals surface area contributed by atoms with Crippen LogP contribution in [0.1, 0.15) is 25.0 Å². The maximum atomic E-state index is 11.9. The van der Waals surface area contributed by atoms with Crippen LogP contribution in [-0.2, 0) is 10.5 Å². The lowest BCUT2D eigenvalue weighted by molar-refractivity contribution is -0.120. The maximum absolute atomic E-state index is 11.9. The van der Waals surface area contributed by atoms with E-state index in [0.29, 0.717) is 0 Å². The van der Waals surface area contributed by atoms with Crippen molar-refractivity contribution < 1.29 is 9.21 Å². The fourth-order valence-electron chi connectivity index (χ4n) is 2.14. The lowest BCUT2D eigenvalue weighted by Crippen LogP contribution is -2.30. The van der Waals surface area contributed by atoms with Crippen LogP contribution in [0.15, 0.2) is 28.2 Å². The van der Waals surface area contributed by atoms with E-state index >= 15 is 0 Å². The Morgan fingerprint density at radius 2 is 2.45 bits per heavy atom. The normalized spacial score (nSPS) is 19.6. The molecule has 3 heterocycles. The van der Waals surface area contributed by atoms with Crippen molar-refractivity contribution in [1.29, 1.82) is 0 Å². The van der Waals surface area contributed by atoms with Crippen LogP contribution in [-0.4, -0.2) is 22.7 Å². The van der Waals surface area contributed by atoms with Crippen LogP contribution in [0.2, 0.25) is 0 Å². The molecule has 1 unspecified atom stereocenters. The molecule has 1 aliphatic heterocycles. The number of carbonyl (C=O) groups excluding carboxylic acids is 1. The molecule has 1 aliphatic rings. The first-order valence-electron chi connectivity index (χ1n) is 6.70. The minimum absolute atomic E-state index is 0.0614. The molecule has 0 spiro atoms. The molecule has 1 N–H and O–H groups in total. The van der Waals surface area contributed by atoms with Crippen molar-refractivity contribution >= 4 is 29.0 Å². The van der Waals surface area contributed by atoms with Gasteiger partial charge in [0.25, 0.3) is 0 Å². The molecule has 106 valence electrons. The smallest absolute Gasteiger partial charge is 0.233 e. The van der Waals surface area contributed by atoms with Crippen molar-refractivity contribution in [3.63, 3.8) is 0 Å². The fraction of sp³-hybridized carbons (Fsp3) is 0.429. The molecule has 0 aromatic carbocycles. The SMILES string of the molecule is O=C1NCCCCC1SCc1csc(-c2ccco2)n1. The summed E-state index contributed by atoms with van der Waals surface area (Å²) >= 11 is 3.26. The molecule has 1 fully saturated rings. The average Bonchev–Trinajstić information content (AvgIpc) is 3.08. The Hall–Kier alpha value is -1.27. The van der Waals surface area contributed by atoms with Gasteiger partial charge < -0.3 is 9.73 Å². The van der Waals surface area contributed by atoms with Crippen LogP contribution in [0.3, 0.4) is 0 Å². The molecular formula is C14H16N2O2S2.